The van der Waals surface area contributed by atoms with Gasteiger partial charge in [-0.1, -0.05) is 0 Å². The van der Waals surface area contributed by atoms with Crippen molar-refractivity contribution in [1.82, 2.24) is 0 Å². The second kappa shape index (κ2) is 4.70. The van der Waals surface area contributed by atoms with E-state index in [1.54, 1.807) is 0 Å². The second-order valence-corrected chi connectivity index (χ2v) is 5.52. The zero-order chi connectivity index (χ0) is 13.4. The summed E-state index contributed by atoms with van der Waals surface area (Å²) in [6.45, 7) is 3.97. The Morgan fingerprint density at radius 3 is 2.67 bits per heavy atom. The number of thiophene rings is 1. The van der Waals surface area contributed by atoms with Crippen LogP contribution in [0.15, 0.2) is 0 Å². The molecule has 2 heterocycles. The molecule has 0 aliphatic carbocycles. The number of esters is 1. The molecule has 0 radical (unpaired) electrons. The largest absolute Gasteiger partial charge is 0.465 e. The van der Waals surface area contributed by atoms with E-state index in [1.807, 2.05) is 13.8 Å². The summed E-state index contributed by atoms with van der Waals surface area (Å²) in [5, 5.41) is 10.1. The lowest BCUT2D eigenvalue weighted by atomic mass is 10.1. The molecule has 1 amide bonds. The maximum Gasteiger partial charge on any atom is 0.341 e. The Morgan fingerprint density at radius 1 is 1.50 bits per heavy atom. The third-order valence-corrected chi connectivity index (χ3v) is 4.34. The van der Waals surface area contributed by atoms with Crippen molar-refractivity contribution in [1.29, 1.82) is 0 Å². The molecular formula is C12H15NO4S. The smallest absolute Gasteiger partial charge is 0.341 e. The lowest BCUT2D eigenvalue weighted by Gasteiger charge is -2.15. The summed E-state index contributed by atoms with van der Waals surface area (Å²) in [5.74, 6) is -0.602. The summed E-state index contributed by atoms with van der Waals surface area (Å²) in [6, 6.07) is 0. The molecule has 98 valence electrons. The lowest BCUT2D eigenvalue weighted by molar-refractivity contribution is -0.117. The van der Waals surface area contributed by atoms with Crippen LogP contribution in [0.3, 0.4) is 0 Å². The van der Waals surface area contributed by atoms with E-state index in [4.69, 9.17) is 4.74 Å². The van der Waals surface area contributed by atoms with Gasteiger partial charge in [0, 0.05) is 4.88 Å². The molecule has 1 atom stereocenters. The third-order valence-electron chi connectivity index (χ3n) is 3.11. The molecule has 1 unspecified atom stereocenters. The normalized spacial score (nSPS) is 19.4. The molecule has 0 saturated carbocycles. The van der Waals surface area contributed by atoms with Gasteiger partial charge < -0.3 is 14.7 Å². The van der Waals surface area contributed by atoms with E-state index in [1.165, 1.54) is 23.3 Å². The van der Waals surface area contributed by atoms with Crippen molar-refractivity contribution in [3.8, 4) is 0 Å². The number of hydrogen-bond acceptors (Lipinski definition) is 5. The average molecular weight is 269 g/mol. The number of aliphatic hydroxyl groups excluding tert-OH is 1. The Hall–Kier alpha value is -1.40. The van der Waals surface area contributed by atoms with Crippen molar-refractivity contribution in [2.45, 2.75) is 26.4 Å². The van der Waals surface area contributed by atoms with Gasteiger partial charge in [-0.05, 0) is 19.4 Å². The van der Waals surface area contributed by atoms with Crippen LogP contribution in [0, 0.1) is 13.8 Å². The monoisotopic (exact) mass is 269 g/mol. The summed E-state index contributed by atoms with van der Waals surface area (Å²) >= 11 is 1.38. The molecule has 1 aromatic heterocycles. The third kappa shape index (κ3) is 2.02. The van der Waals surface area contributed by atoms with Crippen molar-refractivity contribution in [2.24, 2.45) is 0 Å². The molecule has 1 fully saturated rings. The highest BCUT2D eigenvalue weighted by molar-refractivity contribution is 7.16. The van der Waals surface area contributed by atoms with Gasteiger partial charge in [0.2, 0.25) is 5.91 Å². The highest BCUT2D eigenvalue weighted by Gasteiger charge is 2.34. The van der Waals surface area contributed by atoms with E-state index in [2.05, 4.69) is 0 Å². The van der Waals surface area contributed by atoms with Crippen LogP contribution in [0.2, 0.25) is 0 Å². The number of anilines is 1. The van der Waals surface area contributed by atoms with Crippen molar-refractivity contribution in [3.63, 3.8) is 0 Å². The number of aryl methyl sites for hydroxylation is 1. The molecule has 0 spiro atoms. The molecule has 1 aliphatic heterocycles. The average Bonchev–Trinajstić information content (AvgIpc) is 2.79. The van der Waals surface area contributed by atoms with Gasteiger partial charge in [0.05, 0.1) is 31.7 Å². The molecule has 0 aromatic carbocycles. The number of aliphatic hydroxyl groups is 1. The van der Waals surface area contributed by atoms with Crippen LogP contribution in [-0.2, 0) is 9.53 Å². The first kappa shape index (κ1) is 13.0. The summed E-state index contributed by atoms with van der Waals surface area (Å²) in [7, 11) is 1.32. The van der Waals surface area contributed by atoms with E-state index in [9.17, 15) is 14.7 Å². The Bertz CT molecular complexity index is 508. The number of carbonyl (C=O) groups is 2. The SMILES string of the molecule is COC(=O)c1c(N2CC(O)CC2=O)sc(C)c1C. The minimum Gasteiger partial charge on any atom is -0.465 e. The molecule has 0 bridgehead atoms. The summed E-state index contributed by atoms with van der Waals surface area (Å²) < 4.78 is 4.76. The first-order chi connectivity index (χ1) is 8.45. The van der Waals surface area contributed by atoms with E-state index < -0.39 is 12.1 Å². The van der Waals surface area contributed by atoms with E-state index in [0.717, 1.165) is 10.4 Å². The maximum absolute atomic E-state index is 11.8. The molecule has 1 aliphatic rings. The number of nitrogens with zero attached hydrogens (tertiary/aromatic N) is 1. The molecule has 1 N–H and O–H groups in total. The van der Waals surface area contributed by atoms with Crippen molar-refractivity contribution >= 4 is 28.2 Å². The predicted octanol–water partition coefficient (Wildman–Crippen LogP) is 1.25. The predicted molar refractivity (Wildman–Crippen MR) is 68.1 cm³/mol. The first-order valence-corrected chi connectivity index (χ1v) is 6.44. The number of rotatable bonds is 2. The zero-order valence-corrected chi connectivity index (χ0v) is 11.3. The number of hydrogen-bond donors (Lipinski definition) is 1. The van der Waals surface area contributed by atoms with E-state index >= 15 is 0 Å². The minimum absolute atomic E-state index is 0.108. The summed E-state index contributed by atoms with van der Waals surface area (Å²) in [6.07, 6.45) is -0.554. The molecule has 1 aromatic rings. The Balaban J connectivity index is 2.48. The standard InChI is InChI=1S/C12H15NO4S/c1-6-7(2)18-11(10(6)12(16)17-3)13-5-8(14)4-9(13)15/h8,14H,4-5H2,1-3H3. The number of amides is 1. The van der Waals surface area contributed by atoms with Gasteiger partial charge in [-0.15, -0.1) is 11.3 Å². The van der Waals surface area contributed by atoms with Gasteiger partial charge >= 0.3 is 5.97 Å². The number of β-amino-alcohol motifs (C(OH)–C–C–N with tert-alkyl or cyclic N) is 1. The quantitative estimate of drug-likeness (QED) is 0.821. The van der Waals surface area contributed by atoms with E-state index in [0.29, 0.717) is 10.6 Å². The second-order valence-electron chi connectivity index (χ2n) is 4.32. The summed E-state index contributed by atoms with van der Waals surface area (Å²) in [4.78, 5) is 26.0. The van der Waals surface area contributed by atoms with Gasteiger partial charge in [-0.25, -0.2) is 4.79 Å². The van der Waals surface area contributed by atoms with Crippen LogP contribution in [0.4, 0.5) is 5.00 Å². The van der Waals surface area contributed by atoms with Gasteiger partial charge in [0.25, 0.3) is 0 Å². The number of ether oxygens (including phenoxy) is 1. The molecule has 2 rings (SSSR count). The number of carbonyl (C=O) groups excluding carboxylic acids is 2. The van der Waals surface area contributed by atoms with Crippen LogP contribution >= 0.6 is 11.3 Å². The Labute approximate surface area is 109 Å². The van der Waals surface area contributed by atoms with Gasteiger partial charge in [0.15, 0.2) is 0 Å². The highest BCUT2D eigenvalue weighted by Crippen LogP contribution is 2.37. The Kier molecular flexibility index (Phi) is 3.41. The fourth-order valence-corrected chi connectivity index (χ4v) is 3.20. The topological polar surface area (TPSA) is 66.8 Å². The van der Waals surface area contributed by atoms with Crippen molar-refractivity contribution in [3.05, 3.63) is 16.0 Å². The van der Waals surface area contributed by atoms with Gasteiger partial charge in [-0.3, -0.25) is 4.79 Å². The van der Waals surface area contributed by atoms with Gasteiger partial charge in [0.1, 0.15) is 5.00 Å². The van der Waals surface area contributed by atoms with Crippen LogP contribution < -0.4 is 4.90 Å². The van der Waals surface area contributed by atoms with Crippen LogP contribution in [-0.4, -0.2) is 36.7 Å². The van der Waals surface area contributed by atoms with Crippen LogP contribution in [0.25, 0.3) is 0 Å². The fourth-order valence-electron chi connectivity index (χ4n) is 2.03. The number of methoxy groups -OCH3 is 1. The first-order valence-electron chi connectivity index (χ1n) is 5.62. The lowest BCUT2D eigenvalue weighted by Crippen LogP contribution is -2.26. The van der Waals surface area contributed by atoms with Crippen molar-refractivity contribution < 1.29 is 19.4 Å². The highest BCUT2D eigenvalue weighted by atomic mass is 32.1. The fraction of sp³-hybridized carbons (Fsp3) is 0.500. The molecule has 1 saturated heterocycles. The zero-order valence-electron chi connectivity index (χ0n) is 10.5. The van der Waals surface area contributed by atoms with Crippen molar-refractivity contribution in [2.75, 3.05) is 18.6 Å². The molecule has 18 heavy (non-hydrogen) atoms. The van der Waals surface area contributed by atoms with Gasteiger partial charge in [-0.2, -0.15) is 0 Å². The summed E-state index contributed by atoms with van der Waals surface area (Å²) in [5.41, 5.74) is 1.26. The molecular weight excluding hydrogens is 254 g/mol. The maximum atomic E-state index is 11.8. The molecule has 5 nitrogen and oxygen atoms in total. The van der Waals surface area contributed by atoms with E-state index in [-0.39, 0.29) is 18.9 Å². The molecule has 6 heteroatoms. The minimum atomic E-state index is -0.661. The van der Waals surface area contributed by atoms with Crippen LogP contribution in [0.5, 0.6) is 0 Å². The Morgan fingerprint density at radius 2 is 2.17 bits per heavy atom. The van der Waals surface area contributed by atoms with Crippen LogP contribution in [0.1, 0.15) is 27.2 Å².